The van der Waals surface area contributed by atoms with E-state index in [0.717, 1.165) is 11.1 Å². The first-order chi connectivity index (χ1) is 14.1. The summed E-state index contributed by atoms with van der Waals surface area (Å²) in [6, 6.07) is 18.8. The van der Waals surface area contributed by atoms with Crippen LogP contribution in [0.15, 0.2) is 60.7 Å². The molecule has 6 heteroatoms. The molecule has 0 radical (unpaired) electrons. The smallest absolute Gasteiger partial charge is 0.339 e. The normalized spacial score (nSPS) is 13.0. The van der Waals surface area contributed by atoms with E-state index in [9.17, 15) is 9.59 Å². The molecule has 0 aliphatic rings. The van der Waals surface area contributed by atoms with Gasteiger partial charge in [-0.1, -0.05) is 60.7 Å². The number of ether oxygens (including phenoxy) is 2. The molecule has 30 heavy (non-hydrogen) atoms. The number of methoxy groups -OCH3 is 2. The minimum Gasteiger partial charge on any atom is -0.469 e. The highest BCUT2D eigenvalue weighted by Crippen LogP contribution is 2.41. The van der Waals surface area contributed by atoms with Crippen LogP contribution < -0.4 is 0 Å². The molecule has 1 unspecified atom stereocenters. The molecule has 6 nitrogen and oxygen atoms in total. The van der Waals surface area contributed by atoms with Gasteiger partial charge in [-0.25, -0.2) is 4.79 Å². The Labute approximate surface area is 178 Å². The van der Waals surface area contributed by atoms with Gasteiger partial charge in [-0.05, 0) is 38.8 Å². The zero-order valence-electron chi connectivity index (χ0n) is 18.5. The molecule has 0 fully saturated rings. The summed E-state index contributed by atoms with van der Waals surface area (Å²) in [6.07, 6.45) is 0. The van der Waals surface area contributed by atoms with Crippen LogP contribution in [0.25, 0.3) is 0 Å². The molecule has 0 aliphatic heterocycles. The zero-order valence-corrected chi connectivity index (χ0v) is 18.5. The van der Waals surface area contributed by atoms with Gasteiger partial charge < -0.3 is 9.47 Å². The summed E-state index contributed by atoms with van der Waals surface area (Å²) in [4.78, 5) is 31.4. The highest BCUT2D eigenvalue weighted by atomic mass is 16.7. The lowest BCUT2D eigenvalue weighted by atomic mass is 9.80. The Bertz CT molecular complexity index is 833. The van der Waals surface area contributed by atoms with Crippen LogP contribution >= 0.6 is 0 Å². The average molecular weight is 414 g/mol. The molecule has 0 bridgehead atoms. The van der Waals surface area contributed by atoms with Gasteiger partial charge in [-0.3, -0.25) is 9.63 Å². The molecule has 0 aliphatic carbocycles. The van der Waals surface area contributed by atoms with Crippen LogP contribution in [0.1, 0.15) is 44.9 Å². The van der Waals surface area contributed by atoms with Crippen molar-refractivity contribution in [1.82, 2.24) is 5.06 Å². The van der Waals surface area contributed by atoms with Crippen LogP contribution in [-0.4, -0.2) is 36.8 Å². The van der Waals surface area contributed by atoms with E-state index in [4.69, 9.17) is 14.3 Å². The van der Waals surface area contributed by atoms with Gasteiger partial charge in [0.15, 0.2) is 5.60 Å². The molecule has 0 N–H and O–H groups in total. The third kappa shape index (κ3) is 5.46. The molecule has 0 heterocycles. The molecule has 1 atom stereocenters. The zero-order chi connectivity index (χ0) is 22.4. The average Bonchev–Trinajstić information content (AvgIpc) is 2.73. The highest BCUT2D eigenvalue weighted by molar-refractivity contribution is 5.78. The maximum atomic E-state index is 12.8. The number of rotatable bonds is 9. The summed E-state index contributed by atoms with van der Waals surface area (Å²) in [5.74, 6) is -0.892. The molecular formula is C24H31NO5. The third-order valence-electron chi connectivity index (χ3n) is 5.00. The van der Waals surface area contributed by atoms with E-state index in [0.29, 0.717) is 6.54 Å². The minimum absolute atomic E-state index is 0.348. The molecule has 0 aromatic heterocycles. The number of hydrogen-bond donors (Lipinski definition) is 0. The Hall–Kier alpha value is -2.70. The summed E-state index contributed by atoms with van der Waals surface area (Å²) in [5, 5.41) is 1.68. The van der Waals surface area contributed by atoms with E-state index in [1.807, 2.05) is 74.5 Å². The second-order valence-electron chi connectivity index (χ2n) is 8.18. The second kappa shape index (κ2) is 9.87. The third-order valence-corrected chi connectivity index (χ3v) is 5.00. The maximum absolute atomic E-state index is 12.8. The summed E-state index contributed by atoms with van der Waals surface area (Å²) >= 11 is 0. The summed E-state index contributed by atoms with van der Waals surface area (Å²) in [6.45, 7) is 7.25. The van der Waals surface area contributed by atoms with Gasteiger partial charge in [0, 0.05) is 6.54 Å². The van der Waals surface area contributed by atoms with E-state index in [1.165, 1.54) is 14.2 Å². The van der Waals surface area contributed by atoms with Crippen molar-refractivity contribution in [2.45, 2.75) is 45.9 Å². The summed E-state index contributed by atoms with van der Waals surface area (Å²) in [5.41, 5.74) is -0.399. The van der Waals surface area contributed by atoms with Crippen molar-refractivity contribution in [2.24, 2.45) is 5.41 Å². The SMILES string of the molecule is COC(=O)C(C)(C)ON(Cc1ccccc1)C(c1ccccc1)C(C)(C)C(=O)OC. The quantitative estimate of drug-likeness (QED) is 0.451. The van der Waals surface area contributed by atoms with E-state index >= 15 is 0 Å². The van der Waals surface area contributed by atoms with Crippen molar-refractivity contribution in [3.05, 3.63) is 71.8 Å². The predicted molar refractivity (Wildman–Crippen MR) is 114 cm³/mol. The first-order valence-corrected chi connectivity index (χ1v) is 9.85. The Kier molecular flexibility index (Phi) is 7.76. The second-order valence-corrected chi connectivity index (χ2v) is 8.18. The van der Waals surface area contributed by atoms with Crippen molar-refractivity contribution in [3.63, 3.8) is 0 Å². The Morgan fingerprint density at radius 3 is 1.83 bits per heavy atom. The van der Waals surface area contributed by atoms with Crippen LogP contribution in [0, 0.1) is 5.41 Å². The standard InChI is InChI=1S/C24H31NO5/c1-23(2,21(26)28-5)20(19-15-11-8-12-16-19)25(17-18-13-9-7-10-14-18)30-24(3,4)22(27)29-6/h7-16,20H,17H2,1-6H3. The van der Waals surface area contributed by atoms with Gasteiger partial charge in [0.1, 0.15) is 0 Å². The Morgan fingerprint density at radius 1 is 0.833 bits per heavy atom. The van der Waals surface area contributed by atoms with E-state index < -0.39 is 23.0 Å². The largest absolute Gasteiger partial charge is 0.469 e. The van der Waals surface area contributed by atoms with Crippen molar-refractivity contribution < 1.29 is 23.9 Å². The molecule has 0 saturated heterocycles. The van der Waals surface area contributed by atoms with Crippen molar-refractivity contribution in [3.8, 4) is 0 Å². The van der Waals surface area contributed by atoms with Crippen LogP contribution in [0.3, 0.4) is 0 Å². The lowest BCUT2D eigenvalue weighted by Gasteiger charge is -2.42. The fourth-order valence-electron chi connectivity index (χ4n) is 3.47. The maximum Gasteiger partial charge on any atom is 0.339 e. The number of hydroxylamine groups is 2. The van der Waals surface area contributed by atoms with Crippen LogP contribution in [0.2, 0.25) is 0 Å². The number of benzene rings is 2. The predicted octanol–water partition coefficient (Wildman–Crippen LogP) is 4.31. The molecule has 2 aromatic carbocycles. The fourth-order valence-corrected chi connectivity index (χ4v) is 3.47. The Morgan fingerprint density at radius 2 is 1.33 bits per heavy atom. The van der Waals surface area contributed by atoms with Gasteiger partial charge in [-0.2, -0.15) is 5.06 Å². The number of carbonyl (C=O) groups is 2. The van der Waals surface area contributed by atoms with Gasteiger partial charge >= 0.3 is 11.9 Å². The van der Waals surface area contributed by atoms with E-state index in [-0.39, 0.29) is 5.97 Å². The van der Waals surface area contributed by atoms with Gasteiger partial charge in [0.05, 0.1) is 25.7 Å². The van der Waals surface area contributed by atoms with Crippen molar-refractivity contribution >= 4 is 11.9 Å². The molecule has 162 valence electrons. The number of nitrogens with zero attached hydrogens (tertiary/aromatic N) is 1. The molecule has 0 amide bonds. The van der Waals surface area contributed by atoms with Gasteiger partial charge in [0.2, 0.25) is 0 Å². The highest BCUT2D eigenvalue weighted by Gasteiger charge is 2.45. The van der Waals surface area contributed by atoms with E-state index in [2.05, 4.69) is 0 Å². The first kappa shape index (κ1) is 23.6. The number of esters is 2. The summed E-state index contributed by atoms with van der Waals surface area (Å²) in [7, 11) is 2.69. The van der Waals surface area contributed by atoms with Crippen LogP contribution in [-0.2, 0) is 30.4 Å². The Balaban J connectivity index is 2.58. The number of carbonyl (C=O) groups excluding carboxylic acids is 2. The van der Waals surface area contributed by atoms with Crippen molar-refractivity contribution in [2.75, 3.05) is 14.2 Å². The minimum atomic E-state index is -1.26. The van der Waals surface area contributed by atoms with Crippen LogP contribution in [0.4, 0.5) is 0 Å². The van der Waals surface area contributed by atoms with Crippen LogP contribution in [0.5, 0.6) is 0 Å². The molecular weight excluding hydrogens is 382 g/mol. The molecule has 0 saturated carbocycles. The molecule has 2 rings (SSSR count). The van der Waals surface area contributed by atoms with E-state index in [1.54, 1.807) is 18.9 Å². The number of hydrogen-bond acceptors (Lipinski definition) is 6. The topological polar surface area (TPSA) is 65.1 Å². The van der Waals surface area contributed by atoms with Gasteiger partial charge in [-0.15, -0.1) is 0 Å². The molecule has 0 spiro atoms. The van der Waals surface area contributed by atoms with Gasteiger partial charge in [0.25, 0.3) is 0 Å². The lowest BCUT2D eigenvalue weighted by molar-refractivity contribution is -0.277. The molecule has 2 aromatic rings. The van der Waals surface area contributed by atoms with Crippen molar-refractivity contribution in [1.29, 1.82) is 0 Å². The first-order valence-electron chi connectivity index (χ1n) is 9.85. The monoisotopic (exact) mass is 413 g/mol. The lowest BCUT2D eigenvalue weighted by Crippen LogP contribution is -2.49. The summed E-state index contributed by atoms with van der Waals surface area (Å²) < 4.78 is 10.0. The fraction of sp³-hybridized carbons (Fsp3) is 0.417.